The zero-order valence-electron chi connectivity index (χ0n) is 9.37. The van der Waals surface area contributed by atoms with E-state index in [1.165, 1.54) is 0 Å². The summed E-state index contributed by atoms with van der Waals surface area (Å²) in [5.41, 5.74) is 0. The summed E-state index contributed by atoms with van der Waals surface area (Å²) < 4.78 is 0. The second-order valence-electron chi connectivity index (χ2n) is 4.16. The van der Waals surface area contributed by atoms with E-state index in [1.54, 1.807) is 6.92 Å². The molecule has 1 fully saturated rings. The minimum Gasteiger partial charge on any atom is -0.359 e. The van der Waals surface area contributed by atoms with Gasteiger partial charge < -0.3 is 10.2 Å². The average Bonchev–Trinajstić information content (AvgIpc) is 2.25. The van der Waals surface area contributed by atoms with E-state index in [1.807, 2.05) is 4.90 Å². The normalized spacial score (nSPS) is 17.5. The lowest BCUT2D eigenvalue weighted by Gasteiger charge is -2.31. The third-order valence-corrected chi connectivity index (χ3v) is 3.08. The summed E-state index contributed by atoms with van der Waals surface area (Å²) in [5.74, 6) is 0.921. The summed E-state index contributed by atoms with van der Waals surface area (Å²) in [5, 5.41) is 2.67. The van der Waals surface area contributed by atoms with Crippen molar-refractivity contribution >= 4 is 12.3 Å². The van der Waals surface area contributed by atoms with E-state index in [0.717, 1.165) is 57.6 Å². The maximum Gasteiger partial charge on any atom is 0.219 e. The molecule has 0 bridgehead atoms. The van der Waals surface area contributed by atoms with Crippen LogP contribution in [0, 0.1) is 5.92 Å². The Morgan fingerprint density at radius 1 is 1.47 bits per heavy atom. The van der Waals surface area contributed by atoms with Crippen molar-refractivity contribution in [3.05, 3.63) is 0 Å². The van der Waals surface area contributed by atoms with Crippen LogP contribution < -0.4 is 5.32 Å². The fourth-order valence-corrected chi connectivity index (χ4v) is 2.09. The molecule has 0 aromatic heterocycles. The van der Waals surface area contributed by atoms with Crippen LogP contribution in [0.3, 0.4) is 0 Å². The average molecular weight is 212 g/mol. The van der Waals surface area contributed by atoms with Crippen molar-refractivity contribution in [1.29, 1.82) is 0 Å². The molecule has 1 N–H and O–H groups in total. The SMILES string of the molecule is CC(=O)N1CCC(CCCNC=O)CC1. The molecule has 1 saturated heterocycles. The molecule has 0 unspecified atom stereocenters. The molecule has 1 aliphatic rings. The summed E-state index contributed by atoms with van der Waals surface area (Å²) >= 11 is 0. The van der Waals surface area contributed by atoms with Gasteiger partial charge in [0.2, 0.25) is 12.3 Å². The van der Waals surface area contributed by atoms with Gasteiger partial charge in [-0.3, -0.25) is 9.59 Å². The van der Waals surface area contributed by atoms with Gasteiger partial charge in [-0.05, 0) is 31.6 Å². The second-order valence-corrected chi connectivity index (χ2v) is 4.16. The highest BCUT2D eigenvalue weighted by Gasteiger charge is 2.19. The van der Waals surface area contributed by atoms with Crippen molar-refractivity contribution < 1.29 is 9.59 Å². The van der Waals surface area contributed by atoms with Crippen LogP contribution in [0.1, 0.15) is 32.6 Å². The molecule has 4 heteroatoms. The van der Waals surface area contributed by atoms with Gasteiger partial charge in [-0.2, -0.15) is 0 Å². The molecule has 0 aromatic rings. The van der Waals surface area contributed by atoms with Crippen LogP contribution in [0.4, 0.5) is 0 Å². The van der Waals surface area contributed by atoms with Crippen LogP contribution >= 0.6 is 0 Å². The van der Waals surface area contributed by atoms with E-state index in [0.29, 0.717) is 0 Å². The molecule has 0 radical (unpaired) electrons. The summed E-state index contributed by atoms with van der Waals surface area (Å²) in [4.78, 5) is 23.0. The third kappa shape index (κ3) is 4.32. The smallest absolute Gasteiger partial charge is 0.219 e. The van der Waals surface area contributed by atoms with Gasteiger partial charge in [-0.15, -0.1) is 0 Å². The molecule has 0 aromatic carbocycles. The minimum absolute atomic E-state index is 0.191. The quantitative estimate of drug-likeness (QED) is 0.540. The summed E-state index contributed by atoms with van der Waals surface area (Å²) in [6.07, 6.45) is 5.18. The number of nitrogens with zero attached hydrogens (tertiary/aromatic N) is 1. The number of nitrogens with one attached hydrogen (secondary N) is 1. The molecular weight excluding hydrogens is 192 g/mol. The van der Waals surface area contributed by atoms with Crippen molar-refractivity contribution in [1.82, 2.24) is 10.2 Å². The van der Waals surface area contributed by atoms with Gasteiger partial charge in [0.15, 0.2) is 0 Å². The Hall–Kier alpha value is -1.06. The molecule has 2 amide bonds. The molecule has 0 spiro atoms. The number of hydrogen-bond acceptors (Lipinski definition) is 2. The van der Waals surface area contributed by atoms with Crippen molar-refractivity contribution in [2.45, 2.75) is 32.6 Å². The van der Waals surface area contributed by atoms with E-state index < -0.39 is 0 Å². The zero-order valence-corrected chi connectivity index (χ0v) is 9.37. The lowest BCUT2D eigenvalue weighted by atomic mass is 9.92. The zero-order chi connectivity index (χ0) is 11.1. The van der Waals surface area contributed by atoms with Gasteiger partial charge in [-0.25, -0.2) is 0 Å². The molecule has 0 aliphatic carbocycles. The van der Waals surface area contributed by atoms with E-state index in [-0.39, 0.29) is 5.91 Å². The summed E-state index contributed by atoms with van der Waals surface area (Å²) in [6.45, 7) is 4.22. The Kier molecular flexibility index (Phi) is 5.15. The van der Waals surface area contributed by atoms with Crippen LogP contribution in [-0.2, 0) is 9.59 Å². The maximum atomic E-state index is 11.1. The number of likely N-dealkylation sites (tertiary alicyclic amines) is 1. The first-order chi connectivity index (χ1) is 7.24. The standard InChI is InChI=1S/C11H20N2O2/c1-10(15)13-7-4-11(5-8-13)3-2-6-12-9-14/h9,11H,2-8H2,1H3,(H,12,14). The number of piperidine rings is 1. The summed E-state index contributed by atoms with van der Waals surface area (Å²) in [7, 11) is 0. The second kappa shape index (κ2) is 6.43. The lowest BCUT2D eigenvalue weighted by Crippen LogP contribution is -2.37. The number of rotatable bonds is 5. The molecule has 0 saturated carbocycles. The van der Waals surface area contributed by atoms with Crippen LogP contribution in [0.2, 0.25) is 0 Å². The van der Waals surface area contributed by atoms with Gasteiger partial charge in [0, 0.05) is 26.6 Å². The molecular formula is C11H20N2O2. The van der Waals surface area contributed by atoms with Crippen molar-refractivity contribution in [2.75, 3.05) is 19.6 Å². The van der Waals surface area contributed by atoms with Crippen LogP contribution in [0.25, 0.3) is 0 Å². The van der Waals surface area contributed by atoms with E-state index in [9.17, 15) is 9.59 Å². The number of amides is 2. The lowest BCUT2D eigenvalue weighted by molar-refractivity contribution is -0.130. The molecule has 1 rings (SSSR count). The maximum absolute atomic E-state index is 11.1. The Morgan fingerprint density at radius 3 is 2.67 bits per heavy atom. The highest BCUT2D eigenvalue weighted by atomic mass is 16.2. The van der Waals surface area contributed by atoms with Crippen molar-refractivity contribution in [2.24, 2.45) is 5.92 Å². The van der Waals surface area contributed by atoms with Crippen LogP contribution in [0.5, 0.6) is 0 Å². The monoisotopic (exact) mass is 212 g/mol. The predicted molar refractivity (Wildman–Crippen MR) is 58.3 cm³/mol. The van der Waals surface area contributed by atoms with Crippen molar-refractivity contribution in [3.8, 4) is 0 Å². The van der Waals surface area contributed by atoms with Gasteiger partial charge in [-0.1, -0.05) is 0 Å². The number of hydrogen-bond donors (Lipinski definition) is 1. The highest BCUT2D eigenvalue weighted by molar-refractivity contribution is 5.73. The van der Waals surface area contributed by atoms with Crippen LogP contribution in [-0.4, -0.2) is 36.9 Å². The largest absolute Gasteiger partial charge is 0.359 e. The number of carbonyl (C=O) groups is 2. The van der Waals surface area contributed by atoms with E-state index in [4.69, 9.17) is 0 Å². The molecule has 86 valence electrons. The first-order valence-corrected chi connectivity index (χ1v) is 5.66. The van der Waals surface area contributed by atoms with Gasteiger partial charge in [0.1, 0.15) is 0 Å². The van der Waals surface area contributed by atoms with Crippen molar-refractivity contribution in [3.63, 3.8) is 0 Å². The molecule has 1 heterocycles. The van der Waals surface area contributed by atoms with Gasteiger partial charge in [0.25, 0.3) is 0 Å². The van der Waals surface area contributed by atoms with Gasteiger partial charge in [0.05, 0.1) is 0 Å². The molecule has 1 aliphatic heterocycles. The Bertz CT molecular complexity index is 211. The summed E-state index contributed by atoms with van der Waals surface area (Å²) in [6, 6.07) is 0. The first kappa shape index (κ1) is 12.0. The van der Waals surface area contributed by atoms with Crippen LogP contribution in [0.15, 0.2) is 0 Å². The topological polar surface area (TPSA) is 49.4 Å². The molecule has 0 atom stereocenters. The third-order valence-electron chi connectivity index (χ3n) is 3.08. The first-order valence-electron chi connectivity index (χ1n) is 5.66. The Balaban J connectivity index is 2.09. The number of carbonyl (C=O) groups excluding carboxylic acids is 2. The van der Waals surface area contributed by atoms with Gasteiger partial charge >= 0.3 is 0 Å². The molecule has 15 heavy (non-hydrogen) atoms. The Morgan fingerprint density at radius 2 is 2.13 bits per heavy atom. The predicted octanol–water partition coefficient (Wildman–Crippen LogP) is 0.771. The minimum atomic E-state index is 0.191. The Labute approximate surface area is 91.0 Å². The van der Waals surface area contributed by atoms with E-state index >= 15 is 0 Å². The fourth-order valence-electron chi connectivity index (χ4n) is 2.09. The molecule has 4 nitrogen and oxygen atoms in total. The van der Waals surface area contributed by atoms with E-state index in [2.05, 4.69) is 5.32 Å². The highest BCUT2D eigenvalue weighted by Crippen LogP contribution is 2.21. The fraction of sp³-hybridized carbons (Fsp3) is 0.818.